The van der Waals surface area contributed by atoms with Crippen LogP contribution in [0.15, 0.2) is 70.7 Å². The number of aromatic nitrogens is 2. The first kappa shape index (κ1) is 34.5. The van der Waals surface area contributed by atoms with Crippen LogP contribution in [0.4, 0.5) is 0 Å². The summed E-state index contributed by atoms with van der Waals surface area (Å²) in [5.74, 6) is 2.86. The van der Waals surface area contributed by atoms with E-state index in [1.54, 1.807) is 40.6 Å². The summed E-state index contributed by atoms with van der Waals surface area (Å²) in [5.41, 5.74) is 3.41. The topological polar surface area (TPSA) is 62.7 Å². The van der Waals surface area contributed by atoms with Crippen LogP contribution in [0.5, 0.6) is 23.0 Å². The first-order chi connectivity index (χ1) is 19.3. The van der Waals surface area contributed by atoms with Gasteiger partial charge in [0.1, 0.15) is 0 Å². The van der Waals surface area contributed by atoms with Crippen molar-refractivity contribution >= 4 is 23.5 Å². The van der Waals surface area contributed by atoms with E-state index in [9.17, 15) is 0 Å². The molecule has 4 rings (SSSR count). The molecule has 2 heterocycles. The van der Waals surface area contributed by atoms with E-state index in [4.69, 9.17) is 18.9 Å². The Morgan fingerprint density at radius 3 is 1.32 bits per heavy atom. The van der Waals surface area contributed by atoms with E-state index in [2.05, 4.69) is 61.9 Å². The van der Waals surface area contributed by atoms with Crippen molar-refractivity contribution < 1.29 is 40.0 Å². The molecule has 0 bridgehead atoms. The van der Waals surface area contributed by atoms with E-state index in [1.807, 2.05) is 60.2 Å². The number of thioether (sulfide) groups is 2. The van der Waals surface area contributed by atoms with E-state index < -0.39 is 0 Å². The molecule has 0 radical (unpaired) electrons. The number of nitrogens with zero attached hydrogens (tertiary/aromatic N) is 2. The molecule has 0 amide bonds. The van der Waals surface area contributed by atoms with Crippen molar-refractivity contribution in [2.75, 3.05) is 28.4 Å². The summed E-state index contributed by atoms with van der Waals surface area (Å²) in [5, 5.41) is 1.07. The van der Waals surface area contributed by atoms with E-state index in [0.717, 1.165) is 34.0 Å². The van der Waals surface area contributed by atoms with Crippen molar-refractivity contribution in [1.82, 2.24) is 9.97 Å². The van der Waals surface area contributed by atoms with Gasteiger partial charge in [0.05, 0.1) is 28.4 Å². The van der Waals surface area contributed by atoms with Crippen LogP contribution in [0.25, 0.3) is 22.5 Å². The summed E-state index contributed by atoms with van der Waals surface area (Å²) in [7, 11) is 6.53. The minimum Gasteiger partial charge on any atom is -0.540 e. The largest absolute Gasteiger partial charge is 2.00 e. The number of methoxy groups -OCH3 is 4. The molecule has 220 valence electrons. The zero-order chi connectivity index (χ0) is 29.1. The Kier molecular flexibility index (Phi) is 14.6. The summed E-state index contributed by atoms with van der Waals surface area (Å²) < 4.78 is 21.2. The first-order valence-corrected chi connectivity index (χ1v) is 14.6. The average molecular weight is 772 g/mol. The van der Waals surface area contributed by atoms with E-state index in [1.165, 1.54) is 9.79 Å². The number of hydrogen-bond acceptors (Lipinski definition) is 8. The molecular formula is C32H36N2O4PtS2. The van der Waals surface area contributed by atoms with Crippen LogP contribution >= 0.6 is 23.5 Å². The molecule has 0 N–H and O–H groups in total. The van der Waals surface area contributed by atoms with Gasteiger partial charge in [0, 0.05) is 55.7 Å². The molecule has 0 aliphatic rings. The Bertz CT molecular complexity index is 1280. The fraction of sp³-hybridized carbons (Fsp3) is 0.312. The van der Waals surface area contributed by atoms with Crippen LogP contribution in [-0.4, -0.2) is 48.9 Å². The summed E-state index contributed by atoms with van der Waals surface area (Å²) in [6.07, 6.45) is 3.63. The van der Waals surface area contributed by atoms with Crippen LogP contribution in [0.2, 0.25) is 0 Å². The number of benzene rings is 2. The van der Waals surface area contributed by atoms with E-state index in [0.29, 0.717) is 22.0 Å². The predicted octanol–water partition coefficient (Wildman–Crippen LogP) is 8.13. The van der Waals surface area contributed by atoms with Crippen molar-refractivity contribution in [3.05, 3.63) is 73.1 Å². The third-order valence-corrected chi connectivity index (χ3v) is 7.38. The molecule has 0 fully saturated rings. The molecule has 2 aromatic heterocycles. The Hall–Kier alpha value is -2.67. The summed E-state index contributed by atoms with van der Waals surface area (Å²) in [4.78, 5) is 11.2. The number of ether oxygens (including phenoxy) is 4. The van der Waals surface area contributed by atoms with Gasteiger partial charge in [-0.15, -0.1) is 47.8 Å². The minimum atomic E-state index is 0. The van der Waals surface area contributed by atoms with Gasteiger partial charge < -0.3 is 28.9 Å². The molecule has 0 saturated carbocycles. The number of hydrogen-bond donors (Lipinski definition) is 0. The van der Waals surface area contributed by atoms with Crippen LogP contribution in [0.1, 0.15) is 27.7 Å². The molecule has 6 nitrogen and oxygen atoms in total. The van der Waals surface area contributed by atoms with Gasteiger partial charge in [-0.05, 0) is 23.5 Å². The molecule has 0 spiro atoms. The van der Waals surface area contributed by atoms with Crippen molar-refractivity contribution in [2.24, 2.45) is 0 Å². The van der Waals surface area contributed by atoms with Crippen LogP contribution in [-0.2, 0) is 21.1 Å². The minimum absolute atomic E-state index is 0. The van der Waals surface area contributed by atoms with E-state index in [-0.39, 0.29) is 21.1 Å². The Balaban J connectivity index is 0.000000280. The average Bonchev–Trinajstić information content (AvgIpc) is 2.96. The summed E-state index contributed by atoms with van der Waals surface area (Å²) in [6.45, 7) is 8.69. The third kappa shape index (κ3) is 10.3. The smallest absolute Gasteiger partial charge is 0.540 e. The zero-order valence-corrected chi connectivity index (χ0v) is 28.5. The monoisotopic (exact) mass is 771 g/mol. The van der Waals surface area contributed by atoms with Gasteiger partial charge >= 0.3 is 21.1 Å². The van der Waals surface area contributed by atoms with Crippen molar-refractivity contribution in [3.63, 3.8) is 0 Å². The maximum atomic E-state index is 5.41. The molecule has 0 aliphatic heterocycles. The molecule has 0 saturated heterocycles. The van der Waals surface area contributed by atoms with Gasteiger partial charge in [-0.25, -0.2) is 0 Å². The Morgan fingerprint density at radius 1 is 0.610 bits per heavy atom. The second-order valence-electron chi connectivity index (χ2n) is 9.05. The summed E-state index contributed by atoms with van der Waals surface area (Å²) in [6, 6.07) is 21.8. The molecule has 0 aliphatic carbocycles. The maximum absolute atomic E-state index is 5.41. The molecular weight excluding hydrogens is 736 g/mol. The second kappa shape index (κ2) is 17.3. The number of rotatable bonds is 10. The Labute approximate surface area is 267 Å². The van der Waals surface area contributed by atoms with Gasteiger partial charge in [-0.1, -0.05) is 63.1 Å². The van der Waals surface area contributed by atoms with Gasteiger partial charge in [-0.2, -0.15) is 0 Å². The predicted molar refractivity (Wildman–Crippen MR) is 165 cm³/mol. The zero-order valence-electron chi connectivity index (χ0n) is 24.6. The normalized spacial score (nSPS) is 10.4. The first-order valence-electron chi connectivity index (χ1n) is 12.8. The molecule has 9 heteroatoms. The third-order valence-electron chi connectivity index (χ3n) is 5.39. The molecule has 2 aromatic carbocycles. The molecule has 0 atom stereocenters. The van der Waals surface area contributed by atoms with Crippen LogP contribution in [0.3, 0.4) is 0 Å². The van der Waals surface area contributed by atoms with Crippen molar-refractivity contribution in [3.8, 4) is 45.5 Å². The SMILES string of the molecule is COc1c[c-]c(-c2cc(SC(C)C)ccn2)c(OC)c1.COc1c[c-]c(-c2cc(SC(C)C)ccn2)c(OC)c1.[Pt+2]. The second-order valence-corrected chi connectivity index (χ2v) is 12.4. The van der Waals surface area contributed by atoms with Crippen LogP contribution < -0.4 is 18.9 Å². The van der Waals surface area contributed by atoms with Crippen molar-refractivity contribution in [2.45, 2.75) is 48.0 Å². The standard InChI is InChI=1S/2C16H18NO2S.Pt/c2*1-11(2)20-13-7-8-17-15(10-13)14-6-5-12(18-3)9-16(14)19-4;/h2*5,7-11H,1-4H3;/q2*-1;+2. The fourth-order valence-electron chi connectivity index (χ4n) is 3.66. The molecule has 4 aromatic rings. The summed E-state index contributed by atoms with van der Waals surface area (Å²) >= 11 is 3.62. The molecule has 41 heavy (non-hydrogen) atoms. The Morgan fingerprint density at radius 2 is 1.00 bits per heavy atom. The maximum Gasteiger partial charge on any atom is 2.00 e. The van der Waals surface area contributed by atoms with Gasteiger partial charge in [0.25, 0.3) is 0 Å². The fourth-order valence-corrected chi connectivity index (χ4v) is 5.39. The van der Waals surface area contributed by atoms with E-state index >= 15 is 0 Å². The van der Waals surface area contributed by atoms with Gasteiger partial charge in [-0.3, -0.25) is 0 Å². The molecule has 0 unspecified atom stereocenters. The van der Waals surface area contributed by atoms with Gasteiger partial charge in [0.2, 0.25) is 0 Å². The van der Waals surface area contributed by atoms with Crippen molar-refractivity contribution in [1.29, 1.82) is 0 Å². The van der Waals surface area contributed by atoms with Crippen LogP contribution in [0, 0.1) is 12.1 Å². The van der Waals surface area contributed by atoms with Gasteiger partial charge in [0.15, 0.2) is 0 Å². The quantitative estimate of drug-likeness (QED) is 0.118. The number of pyridine rings is 2.